The average Bonchev–Trinajstić information content (AvgIpc) is 2.36. The molecule has 78 valence electrons. The van der Waals surface area contributed by atoms with E-state index in [0.29, 0.717) is 5.56 Å². The first-order valence-electron chi connectivity index (χ1n) is 4.63. The third-order valence-corrected chi connectivity index (χ3v) is 2.25. The molecule has 0 atom stereocenters. The Bertz CT molecular complexity index is 599. The highest BCUT2D eigenvalue weighted by Crippen LogP contribution is 2.16. The molecule has 0 spiro atoms. The Labute approximate surface area is 92.1 Å². The van der Waals surface area contributed by atoms with Gasteiger partial charge in [-0.3, -0.25) is 0 Å². The van der Waals surface area contributed by atoms with Gasteiger partial charge < -0.3 is 4.74 Å². The summed E-state index contributed by atoms with van der Waals surface area (Å²) in [7, 11) is 1.31. The van der Waals surface area contributed by atoms with Crippen LogP contribution in [0, 0.1) is 11.3 Å². The van der Waals surface area contributed by atoms with Crippen molar-refractivity contribution in [3.05, 3.63) is 41.7 Å². The predicted molar refractivity (Wildman–Crippen MR) is 57.8 cm³/mol. The molecule has 0 aliphatic heterocycles. The Morgan fingerprint density at radius 2 is 2.19 bits per heavy atom. The van der Waals surface area contributed by atoms with Crippen LogP contribution in [-0.4, -0.2) is 18.1 Å². The highest BCUT2D eigenvalue weighted by atomic mass is 16.5. The third-order valence-electron chi connectivity index (χ3n) is 2.25. The number of nitriles is 1. The summed E-state index contributed by atoms with van der Waals surface area (Å²) in [5.74, 6) is -0.466. The maximum Gasteiger partial charge on any atom is 0.356 e. The van der Waals surface area contributed by atoms with E-state index >= 15 is 0 Å². The van der Waals surface area contributed by atoms with Crippen LogP contribution in [0.5, 0.6) is 0 Å². The van der Waals surface area contributed by atoms with Crippen molar-refractivity contribution < 1.29 is 9.53 Å². The second-order valence-corrected chi connectivity index (χ2v) is 3.23. The molecule has 0 saturated carbocycles. The molecular formula is C12H8N2O2. The zero-order valence-corrected chi connectivity index (χ0v) is 8.60. The first-order valence-corrected chi connectivity index (χ1v) is 4.63. The van der Waals surface area contributed by atoms with Crippen molar-refractivity contribution >= 4 is 16.7 Å². The van der Waals surface area contributed by atoms with E-state index < -0.39 is 5.97 Å². The van der Waals surface area contributed by atoms with Gasteiger partial charge in [0.2, 0.25) is 0 Å². The van der Waals surface area contributed by atoms with Crippen LogP contribution in [0.2, 0.25) is 0 Å². The number of hydrogen-bond acceptors (Lipinski definition) is 4. The van der Waals surface area contributed by atoms with Crippen molar-refractivity contribution in [3.8, 4) is 6.07 Å². The number of carbonyl (C=O) groups is 1. The number of pyridine rings is 1. The van der Waals surface area contributed by atoms with E-state index in [9.17, 15) is 4.79 Å². The van der Waals surface area contributed by atoms with Gasteiger partial charge in [0.15, 0.2) is 0 Å². The van der Waals surface area contributed by atoms with Gasteiger partial charge in [-0.2, -0.15) is 5.26 Å². The maximum absolute atomic E-state index is 11.2. The summed E-state index contributed by atoms with van der Waals surface area (Å²) >= 11 is 0. The molecule has 0 amide bonds. The van der Waals surface area contributed by atoms with Crippen LogP contribution in [0.1, 0.15) is 16.1 Å². The van der Waals surface area contributed by atoms with Gasteiger partial charge >= 0.3 is 5.97 Å². The minimum Gasteiger partial charge on any atom is -0.464 e. The Balaban J connectivity index is 2.57. The van der Waals surface area contributed by atoms with Crippen molar-refractivity contribution in [3.63, 3.8) is 0 Å². The monoisotopic (exact) mass is 212 g/mol. The molecule has 0 N–H and O–H groups in total. The Hall–Kier alpha value is -2.41. The van der Waals surface area contributed by atoms with Gasteiger partial charge in [0.25, 0.3) is 0 Å². The third kappa shape index (κ3) is 1.71. The molecule has 0 aliphatic rings. The summed E-state index contributed by atoms with van der Waals surface area (Å²) in [6.07, 6.45) is 1.56. The fraction of sp³-hybridized carbons (Fsp3) is 0.0833. The highest BCUT2D eigenvalue weighted by Gasteiger charge is 2.07. The Morgan fingerprint density at radius 3 is 2.88 bits per heavy atom. The molecule has 16 heavy (non-hydrogen) atoms. The molecule has 1 aromatic heterocycles. The standard InChI is InChI=1S/C12H8N2O2/c1-16-12(15)11-5-9-3-2-8(6-13)4-10(9)7-14-11/h2-5,7H,1H3. The lowest BCUT2D eigenvalue weighted by molar-refractivity contribution is 0.0594. The van der Waals surface area contributed by atoms with E-state index in [1.165, 1.54) is 7.11 Å². The lowest BCUT2D eigenvalue weighted by Gasteiger charge is -2.01. The zero-order chi connectivity index (χ0) is 11.5. The number of nitrogens with zero attached hydrogens (tertiary/aromatic N) is 2. The van der Waals surface area contributed by atoms with Crippen molar-refractivity contribution in [2.24, 2.45) is 0 Å². The molecule has 1 heterocycles. The van der Waals surface area contributed by atoms with Gasteiger partial charge in [-0.15, -0.1) is 0 Å². The second kappa shape index (κ2) is 3.99. The van der Waals surface area contributed by atoms with Crippen LogP contribution in [-0.2, 0) is 4.74 Å². The summed E-state index contributed by atoms with van der Waals surface area (Å²) in [5, 5.41) is 10.4. The van der Waals surface area contributed by atoms with Gasteiger partial charge in [-0.05, 0) is 23.6 Å². The zero-order valence-electron chi connectivity index (χ0n) is 8.60. The lowest BCUT2D eigenvalue weighted by Crippen LogP contribution is -2.03. The van der Waals surface area contributed by atoms with E-state index in [-0.39, 0.29) is 5.69 Å². The normalized spacial score (nSPS) is 9.75. The number of hydrogen-bond donors (Lipinski definition) is 0. The summed E-state index contributed by atoms with van der Waals surface area (Å²) in [5.41, 5.74) is 0.833. The second-order valence-electron chi connectivity index (χ2n) is 3.23. The number of aromatic nitrogens is 1. The molecule has 2 rings (SSSR count). The SMILES string of the molecule is COC(=O)c1cc2ccc(C#N)cc2cn1. The lowest BCUT2D eigenvalue weighted by atomic mass is 10.1. The Kier molecular flexibility index (Phi) is 2.52. The largest absolute Gasteiger partial charge is 0.464 e. The quantitative estimate of drug-likeness (QED) is 0.677. The van der Waals surface area contributed by atoms with Crippen molar-refractivity contribution in [1.82, 2.24) is 4.98 Å². The molecule has 0 saturated heterocycles. The van der Waals surface area contributed by atoms with Gasteiger partial charge in [0, 0.05) is 11.6 Å². The van der Waals surface area contributed by atoms with Crippen molar-refractivity contribution in [2.75, 3.05) is 7.11 Å². The molecule has 4 heteroatoms. The number of benzene rings is 1. The summed E-state index contributed by atoms with van der Waals surface area (Å²) in [4.78, 5) is 15.2. The van der Waals surface area contributed by atoms with Crippen molar-refractivity contribution in [2.45, 2.75) is 0 Å². The molecule has 0 unspecified atom stereocenters. The first kappa shape index (κ1) is 10.1. The summed E-state index contributed by atoms with van der Waals surface area (Å²) in [6.45, 7) is 0. The summed E-state index contributed by atoms with van der Waals surface area (Å²) < 4.78 is 4.58. The van der Waals surface area contributed by atoms with Crippen LogP contribution < -0.4 is 0 Å². The van der Waals surface area contributed by atoms with E-state index in [4.69, 9.17) is 5.26 Å². The predicted octanol–water partition coefficient (Wildman–Crippen LogP) is 1.89. The molecule has 4 nitrogen and oxygen atoms in total. The molecule has 1 aromatic carbocycles. The first-order chi connectivity index (χ1) is 7.74. The number of methoxy groups -OCH3 is 1. The fourth-order valence-electron chi connectivity index (χ4n) is 1.43. The number of ether oxygens (including phenoxy) is 1. The number of rotatable bonds is 1. The molecular weight excluding hydrogens is 204 g/mol. The van der Waals surface area contributed by atoms with Gasteiger partial charge in [0.1, 0.15) is 5.69 Å². The molecule has 0 aliphatic carbocycles. The average molecular weight is 212 g/mol. The van der Waals surface area contributed by atoms with E-state index in [1.54, 1.807) is 30.5 Å². The maximum atomic E-state index is 11.2. The molecule has 2 aromatic rings. The fourth-order valence-corrected chi connectivity index (χ4v) is 1.43. The van der Waals surface area contributed by atoms with E-state index in [0.717, 1.165) is 10.8 Å². The van der Waals surface area contributed by atoms with Crippen LogP contribution in [0.3, 0.4) is 0 Å². The summed E-state index contributed by atoms with van der Waals surface area (Å²) in [6, 6.07) is 8.89. The Morgan fingerprint density at radius 1 is 1.38 bits per heavy atom. The van der Waals surface area contributed by atoms with Gasteiger partial charge in [-0.25, -0.2) is 9.78 Å². The van der Waals surface area contributed by atoms with E-state index in [2.05, 4.69) is 9.72 Å². The van der Waals surface area contributed by atoms with Crippen molar-refractivity contribution in [1.29, 1.82) is 5.26 Å². The number of fused-ring (bicyclic) bond motifs is 1. The molecule has 0 fully saturated rings. The molecule has 0 bridgehead atoms. The topological polar surface area (TPSA) is 63.0 Å². The minimum absolute atomic E-state index is 0.264. The van der Waals surface area contributed by atoms with E-state index in [1.807, 2.05) is 6.07 Å². The van der Waals surface area contributed by atoms with Crippen LogP contribution in [0.25, 0.3) is 10.8 Å². The highest BCUT2D eigenvalue weighted by molar-refractivity contribution is 5.93. The minimum atomic E-state index is -0.466. The molecule has 0 radical (unpaired) electrons. The number of carbonyl (C=O) groups excluding carboxylic acids is 1. The van der Waals surface area contributed by atoms with Gasteiger partial charge in [0.05, 0.1) is 18.7 Å². The van der Waals surface area contributed by atoms with Crippen LogP contribution in [0.4, 0.5) is 0 Å². The van der Waals surface area contributed by atoms with Crippen LogP contribution >= 0.6 is 0 Å². The van der Waals surface area contributed by atoms with Gasteiger partial charge in [-0.1, -0.05) is 6.07 Å². The smallest absolute Gasteiger partial charge is 0.356 e. The number of esters is 1. The van der Waals surface area contributed by atoms with Crippen LogP contribution in [0.15, 0.2) is 30.5 Å².